The van der Waals surface area contributed by atoms with E-state index >= 15 is 0 Å². The van der Waals surface area contributed by atoms with E-state index in [-0.39, 0.29) is 0 Å². The van der Waals surface area contributed by atoms with Gasteiger partial charge in [-0.1, -0.05) is 12.1 Å². The van der Waals surface area contributed by atoms with Crippen LogP contribution >= 0.6 is 0 Å². The molecule has 3 rings (SSSR count). The van der Waals surface area contributed by atoms with E-state index < -0.39 is 11.8 Å². The molecule has 0 saturated carbocycles. The number of amides is 2. The van der Waals surface area contributed by atoms with Crippen LogP contribution in [-0.4, -0.2) is 39.1 Å². The fourth-order valence-corrected chi connectivity index (χ4v) is 3.26. The van der Waals surface area contributed by atoms with E-state index in [2.05, 4.69) is 40.8 Å². The van der Waals surface area contributed by atoms with Gasteiger partial charge in [-0.25, -0.2) is 0 Å². The van der Waals surface area contributed by atoms with Crippen LogP contribution < -0.4 is 20.3 Å². The summed E-state index contributed by atoms with van der Waals surface area (Å²) in [6.07, 6.45) is 2.94. The zero-order valence-electron chi connectivity index (χ0n) is 15.7. The maximum atomic E-state index is 12.0. The highest BCUT2D eigenvalue weighted by Crippen LogP contribution is 2.26. The van der Waals surface area contributed by atoms with Crippen molar-refractivity contribution in [3.05, 3.63) is 53.6 Å². The average Bonchev–Trinajstić information content (AvgIpc) is 2.68. The van der Waals surface area contributed by atoms with E-state index in [0.717, 1.165) is 19.4 Å². The van der Waals surface area contributed by atoms with Gasteiger partial charge in [0.2, 0.25) is 0 Å². The number of methoxy groups -OCH3 is 1. The van der Waals surface area contributed by atoms with Crippen molar-refractivity contribution in [1.82, 2.24) is 5.32 Å². The molecule has 0 fully saturated rings. The minimum absolute atomic E-state index is 0.420. The zero-order valence-corrected chi connectivity index (χ0v) is 15.7. The lowest BCUT2D eigenvalue weighted by Crippen LogP contribution is -2.36. The fraction of sp³-hybridized carbons (Fsp3) is 0.333. The van der Waals surface area contributed by atoms with Crippen LogP contribution in [0.3, 0.4) is 0 Å². The SMILES string of the molecule is COc1ccc(NC(=O)C(=O)NCCc2ccc3c(c2)CCCN3C)cc1. The van der Waals surface area contributed by atoms with Gasteiger partial charge in [0.05, 0.1) is 7.11 Å². The first kappa shape index (κ1) is 18.8. The first-order chi connectivity index (χ1) is 13.1. The van der Waals surface area contributed by atoms with E-state index in [1.165, 1.54) is 16.8 Å². The Balaban J connectivity index is 1.48. The zero-order chi connectivity index (χ0) is 19.2. The molecule has 1 aliphatic rings. The van der Waals surface area contributed by atoms with E-state index in [0.29, 0.717) is 24.4 Å². The second kappa shape index (κ2) is 8.58. The maximum absolute atomic E-state index is 12.0. The molecule has 0 aliphatic carbocycles. The minimum atomic E-state index is -0.674. The number of nitrogens with zero attached hydrogens (tertiary/aromatic N) is 1. The quantitative estimate of drug-likeness (QED) is 0.796. The van der Waals surface area contributed by atoms with E-state index in [9.17, 15) is 9.59 Å². The molecule has 0 aromatic heterocycles. The molecule has 0 bridgehead atoms. The minimum Gasteiger partial charge on any atom is -0.497 e. The lowest BCUT2D eigenvalue weighted by Gasteiger charge is -2.27. The van der Waals surface area contributed by atoms with Crippen molar-refractivity contribution >= 4 is 23.2 Å². The highest BCUT2D eigenvalue weighted by atomic mass is 16.5. The number of fused-ring (bicyclic) bond motifs is 1. The van der Waals surface area contributed by atoms with Crippen LogP contribution in [-0.2, 0) is 22.4 Å². The van der Waals surface area contributed by atoms with Gasteiger partial charge in [-0.3, -0.25) is 9.59 Å². The number of hydrogen-bond donors (Lipinski definition) is 2. The first-order valence-electron chi connectivity index (χ1n) is 9.13. The molecule has 1 aliphatic heterocycles. The summed E-state index contributed by atoms with van der Waals surface area (Å²) in [5.41, 5.74) is 4.35. The van der Waals surface area contributed by atoms with Crippen LogP contribution in [0.2, 0.25) is 0 Å². The van der Waals surface area contributed by atoms with Crippen LogP contribution in [0.5, 0.6) is 5.75 Å². The number of ether oxygens (including phenoxy) is 1. The number of nitrogens with one attached hydrogen (secondary N) is 2. The highest BCUT2D eigenvalue weighted by Gasteiger charge is 2.15. The number of anilines is 2. The third kappa shape index (κ3) is 4.78. The summed E-state index contributed by atoms with van der Waals surface area (Å²) in [4.78, 5) is 26.2. The maximum Gasteiger partial charge on any atom is 0.313 e. The molecule has 2 amide bonds. The Morgan fingerprint density at radius 1 is 1.11 bits per heavy atom. The van der Waals surface area contributed by atoms with E-state index in [4.69, 9.17) is 4.74 Å². The number of carbonyl (C=O) groups is 2. The fourth-order valence-electron chi connectivity index (χ4n) is 3.26. The summed E-state index contributed by atoms with van der Waals surface area (Å²) < 4.78 is 5.06. The Hall–Kier alpha value is -3.02. The van der Waals surface area contributed by atoms with Gasteiger partial charge in [-0.05, 0) is 60.7 Å². The Bertz CT molecular complexity index is 818. The average molecular weight is 367 g/mol. The number of carbonyl (C=O) groups excluding carboxylic acids is 2. The van der Waals surface area contributed by atoms with Crippen LogP contribution in [0.15, 0.2) is 42.5 Å². The van der Waals surface area contributed by atoms with E-state index in [1.807, 2.05) is 0 Å². The van der Waals surface area contributed by atoms with Crippen molar-refractivity contribution in [2.24, 2.45) is 0 Å². The van der Waals surface area contributed by atoms with Gasteiger partial charge in [0.25, 0.3) is 0 Å². The predicted octanol–water partition coefficient (Wildman–Crippen LogP) is 2.38. The Kier molecular flexibility index (Phi) is 5.96. The van der Waals surface area contributed by atoms with Gasteiger partial charge in [0.15, 0.2) is 0 Å². The predicted molar refractivity (Wildman–Crippen MR) is 106 cm³/mol. The second-order valence-electron chi connectivity index (χ2n) is 6.68. The standard InChI is InChI=1S/C21H25N3O3/c1-24-13-3-4-16-14-15(5-10-19(16)24)11-12-22-20(25)21(26)23-17-6-8-18(27-2)9-7-17/h5-10,14H,3-4,11-13H2,1-2H3,(H,22,25)(H,23,26). The molecular formula is C21H25N3O3. The summed E-state index contributed by atoms with van der Waals surface area (Å²) in [6, 6.07) is 13.3. The second-order valence-corrected chi connectivity index (χ2v) is 6.68. The summed E-state index contributed by atoms with van der Waals surface area (Å²) >= 11 is 0. The van der Waals surface area contributed by atoms with E-state index in [1.54, 1.807) is 31.4 Å². The molecule has 2 N–H and O–H groups in total. The Labute approximate surface area is 159 Å². The van der Waals surface area contributed by atoms with Crippen molar-refractivity contribution in [2.45, 2.75) is 19.3 Å². The summed E-state index contributed by atoms with van der Waals surface area (Å²) in [5.74, 6) is -0.621. The molecule has 6 nitrogen and oxygen atoms in total. The molecule has 27 heavy (non-hydrogen) atoms. The molecular weight excluding hydrogens is 342 g/mol. The number of hydrogen-bond acceptors (Lipinski definition) is 4. The van der Waals surface area contributed by atoms with Crippen molar-refractivity contribution in [2.75, 3.05) is 37.5 Å². The third-order valence-corrected chi connectivity index (χ3v) is 4.75. The molecule has 2 aromatic carbocycles. The van der Waals surface area contributed by atoms with Gasteiger partial charge in [0.1, 0.15) is 5.75 Å². The molecule has 0 saturated heterocycles. The van der Waals surface area contributed by atoms with Crippen molar-refractivity contribution in [3.8, 4) is 5.75 Å². The lowest BCUT2D eigenvalue weighted by atomic mass is 9.98. The molecule has 2 aromatic rings. The molecule has 0 radical (unpaired) electrons. The smallest absolute Gasteiger partial charge is 0.313 e. The monoisotopic (exact) mass is 367 g/mol. The first-order valence-corrected chi connectivity index (χ1v) is 9.13. The number of aryl methyl sites for hydroxylation is 1. The molecule has 1 heterocycles. The third-order valence-electron chi connectivity index (χ3n) is 4.75. The van der Waals surface area contributed by atoms with Gasteiger partial charge in [-0.2, -0.15) is 0 Å². The summed E-state index contributed by atoms with van der Waals surface area (Å²) in [5, 5.41) is 5.25. The van der Waals surface area contributed by atoms with Crippen molar-refractivity contribution in [1.29, 1.82) is 0 Å². The largest absolute Gasteiger partial charge is 0.497 e. The molecule has 142 valence electrons. The van der Waals surface area contributed by atoms with Crippen LogP contribution in [0.25, 0.3) is 0 Å². The van der Waals surface area contributed by atoms with Gasteiger partial charge in [0, 0.05) is 31.5 Å². The van der Waals surface area contributed by atoms with Gasteiger partial charge >= 0.3 is 11.8 Å². The van der Waals surface area contributed by atoms with Crippen molar-refractivity contribution in [3.63, 3.8) is 0 Å². The topological polar surface area (TPSA) is 70.7 Å². The molecule has 0 unspecified atom stereocenters. The van der Waals surface area contributed by atoms with Crippen LogP contribution in [0.4, 0.5) is 11.4 Å². The molecule has 0 spiro atoms. The van der Waals surface area contributed by atoms with Crippen LogP contribution in [0, 0.1) is 0 Å². The normalized spacial score (nSPS) is 12.9. The molecule has 0 atom stereocenters. The van der Waals surface area contributed by atoms with Crippen molar-refractivity contribution < 1.29 is 14.3 Å². The van der Waals surface area contributed by atoms with Gasteiger partial charge < -0.3 is 20.3 Å². The number of rotatable bonds is 5. The van der Waals surface area contributed by atoms with Crippen LogP contribution in [0.1, 0.15) is 17.5 Å². The lowest BCUT2D eigenvalue weighted by molar-refractivity contribution is -0.136. The number of benzene rings is 2. The Morgan fingerprint density at radius 2 is 1.89 bits per heavy atom. The molecule has 6 heteroatoms. The summed E-state index contributed by atoms with van der Waals surface area (Å²) in [6.45, 7) is 1.51. The summed E-state index contributed by atoms with van der Waals surface area (Å²) in [7, 11) is 3.68. The Morgan fingerprint density at radius 3 is 2.63 bits per heavy atom. The highest BCUT2D eigenvalue weighted by molar-refractivity contribution is 6.39. The van der Waals surface area contributed by atoms with Gasteiger partial charge in [-0.15, -0.1) is 0 Å².